The highest BCUT2D eigenvalue weighted by atomic mass is 16.5. The van der Waals surface area contributed by atoms with Crippen LogP contribution in [0.1, 0.15) is 57.8 Å². The fourth-order valence-corrected chi connectivity index (χ4v) is 3.66. The van der Waals surface area contributed by atoms with Gasteiger partial charge in [-0.25, -0.2) is 0 Å². The maximum absolute atomic E-state index is 12.5. The normalized spacial score (nSPS) is 23.4. The summed E-state index contributed by atoms with van der Waals surface area (Å²) in [5.41, 5.74) is 0. The van der Waals surface area contributed by atoms with E-state index >= 15 is 0 Å². The second kappa shape index (κ2) is 9.42. The van der Waals surface area contributed by atoms with Crippen LogP contribution in [0.4, 0.5) is 0 Å². The summed E-state index contributed by atoms with van der Waals surface area (Å²) in [7, 11) is 1.71. The van der Waals surface area contributed by atoms with Crippen LogP contribution in [0.25, 0.3) is 0 Å². The van der Waals surface area contributed by atoms with Crippen LogP contribution in [0.15, 0.2) is 0 Å². The van der Waals surface area contributed by atoms with Gasteiger partial charge in [-0.3, -0.25) is 4.79 Å². The highest BCUT2D eigenvalue weighted by Crippen LogP contribution is 2.27. The predicted molar refractivity (Wildman–Crippen MR) is 85.3 cm³/mol. The predicted octanol–water partition coefficient (Wildman–Crippen LogP) is 2.57. The Balaban J connectivity index is 1.75. The average molecular weight is 296 g/mol. The molecule has 0 radical (unpaired) electrons. The van der Waals surface area contributed by atoms with Crippen molar-refractivity contribution in [3.05, 3.63) is 0 Å². The average Bonchev–Trinajstić information content (AvgIpc) is 3.03. The molecule has 1 N–H and O–H groups in total. The van der Waals surface area contributed by atoms with Gasteiger partial charge in [0.25, 0.3) is 0 Å². The second-order valence-electron chi connectivity index (χ2n) is 6.67. The highest BCUT2D eigenvalue weighted by Gasteiger charge is 2.22. The van der Waals surface area contributed by atoms with Gasteiger partial charge in [0.15, 0.2) is 0 Å². The fourth-order valence-electron chi connectivity index (χ4n) is 3.66. The molecule has 21 heavy (non-hydrogen) atoms. The quantitative estimate of drug-likeness (QED) is 0.748. The number of ether oxygens (including phenoxy) is 1. The van der Waals surface area contributed by atoms with Crippen LogP contribution in [0, 0.1) is 5.92 Å². The number of nitrogens with one attached hydrogen (secondary N) is 1. The molecule has 0 aromatic carbocycles. The van der Waals surface area contributed by atoms with E-state index in [1.165, 1.54) is 44.9 Å². The van der Waals surface area contributed by atoms with E-state index in [0.717, 1.165) is 38.4 Å². The lowest BCUT2D eigenvalue weighted by Crippen LogP contribution is -2.42. The first-order valence-electron chi connectivity index (χ1n) is 8.79. The van der Waals surface area contributed by atoms with Gasteiger partial charge in [0.2, 0.25) is 5.91 Å². The Morgan fingerprint density at radius 3 is 2.67 bits per heavy atom. The SMILES string of the molecule is COCCN(CC1CCCN1)C(=O)CCC1CCCCC1. The molecule has 1 saturated carbocycles. The standard InChI is InChI=1S/C17H32N2O2/c1-21-13-12-19(14-16-8-5-11-18-16)17(20)10-9-15-6-3-2-4-7-15/h15-16,18H,2-14H2,1H3. The minimum Gasteiger partial charge on any atom is -0.383 e. The highest BCUT2D eigenvalue weighted by molar-refractivity contribution is 5.76. The molecule has 1 unspecified atom stereocenters. The first-order valence-corrected chi connectivity index (χ1v) is 8.79. The Kier molecular flexibility index (Phi) is 7.51. The lowest BCUT2D eigenvalue weighted by molar-refractivity contribution is -0.132. The summed E-state index contributed by atoms with van der Waals surface area (Å²) in [6.07, 6.45) is 11.0. The summed E-state index contributed by atoms with van der Waals surface area (Å²) >= 11 is 0. The zero-order valence-corrected chi connectivity index (χ0v) is 13.6. The molecular formula is C17H32N2O2. The van der Waals surface area contributed by atoms with E-state index in [4.69, 9.17) is 4.74 Å². The molecule has 1 atom stereocenters. The zero-order chi connectivity index (χ0) is 14.9. The molecule has 1 heterocycles. The Bertz CT molecular complexity index is 297. The Labute approximate surface area is 129 Å². The van der Waals surface area contributed by atoms with Gasteiger partial charge in [-0.2, -0.15) is 0 Å². The van der Waals surface area contributed by atoms with Crippen molar-refractivity contribution in [2.24, 2.45) is 5.92 Å². The number of amides is 1. The van der Waals surface area contributed by atoms with E-state index < -0.39 is 0 Å². The Morgan fingerprint density at radius 2 is 2.00 bits per heavy atom. The number of rotatable bonds is 8. The molecule has 0 aromatic rings. The van der Waals surface area contributed by atoms with Crippen LogP contribution in [0.5, 0.6) is 0 Å². The molecule has 1 amide bonds. The summed E-state index contributed by atoms with van der Waals surface area (Å²) in [5.74, 6) is 1.11. The molecule has 0 bridgehead atoms. The minimum atomic E-state index is 0.325. The second-order valence-corrected chi connectivity index (χ2v) is 6.67. The minimum absolute atomic E-state index is 0.325. The smallest absolute Gasteiger partial charge is 0.222 e. The van der Waals surface area contributed by atoms with Crippen molar-refractivity contribution in [3.63, 3.8) is 0 Å². The summed E-state index contributed by atoms with van der Waals surface area (Å²) in [6.45, 7) is 3.33. The van der Waals surface area contributed by atoms with Crippen LogP contribution < -0.4 is 5.32 Å². The molecule has 4 nitrogen and oxygen atoms in total. The van der Waals surface area contributed by atoms with Crippen LogP contribution in [0.2, 0.25) is 0 Å². The van der Waals surface area contributed by atoms with Gasteiger partial charge in [0.05, 0.1) is 6.61 Å². The van der Waals surface area contributed by atoms with Gasteiger partial charge in [-0.05, 0) is 31.7 Å². The molecule has 2 aliphatic rings. The molecular weight excluding hydrogens is 264 g/mol. The third-order valence-corrected chi connectivity index (χ3v) is 5.01. The van der Waals surface area contributed by atoms with Crippen molar-refractivity contribution in [1.82, 2.24) is 10.2 Å². The molecule has 122 valence electrons. The lowest BCUT2D eigenvalue weighted by atomic mass is 9.86. The zero-order valence-electron chi connectivity index (χ0n) is 13.6. The van der Waals surface area contributed by atoms with Gasteiger partial charge in [0, 0.05) is 32.7 Å². The van der Waals surface area contributed by atoms with E-state index in [0.29, 0.717) is 18.6 Å². The molecule has 0 spiro atoms. The summed E-state index contributed by atoms with van der Waals surface area (Å²) in [4.78, 5) is 14.5. The molecule has 1 aliphatic carbocycles. The van der Waals surface area contributed by atoms with Crippen molar-refractivity contribution in [1.29, 1.82) is 0 Å². The largest absolute Gasteiger partial charge is 0.383 e. The number of carbonyl (C=O) groups is 1. The summed E-state index contributed by atoms with van der Waals surface area (Å²) < 4.78 is 5.17. The summed E-state index contributed by atoms with van der Waals surface area (Å²) in [5, 5.41) is 3.49. The van der Waals surface area contributed by atoms with Crippen molar-refractivity contribution in [2.75, 3.05) is 33.4 Å². The summed E-state index contributed by atoms with van der Waals surface area (Å²) in [6, 6.07) is 0.487. The van der Waals surface area contributed by atoms with E-state index in [1.807, 2.05) is 4.90 Å². The maximum Gasteiger partial charge on any atom is 0.222 e. The van der Waals surface area contributed by atoms with E-state index in [2.05, 4.69) is 5.32 Å². The van der Waals surface area contributed by atoms with E-state index in [-0.39, 0.29) is 0 Å². The topological polar surface area (TPSA) is 41.6 Å². The number of hydrogen-bond donors (Lipinski definition) is 1. The van der Waals surface area contributed by atoms with Gasteiger partial charge in [0.1, 0.15) is 0 Å². The van der Waals surface area contributed by atoms with Crippen molar-refractivity contribution in [3.8, 4) is 0 Å². The van der Waals surface area contributed by atoms with Gasteiger partial charge >= 0.3 is 0 Å². The van der Waals surface area contributed by atoms with Gasteiger partial charge in [-0.1, -0.05) is 32.1 Å². The number of carbonyl (C=O) groups excluding carboxylic acids is 1. The number of hydrogen-bond acceptors (Lipinski definition) is 3. The number of nitrogens with zero attached hydrogens (tertiary/aromatic N) is 1. The van der Waals surface area contributed by atoms with Gasteiger partial charge < -0.3 is 15.0 Å². The van der Waals surface area contributed by atoms with E-state index in [1.54, 1.807) is 7.11 Å². The molecule has 0 aromatic heterocycles. The molecule has 2 fully saturated rings. The van der Waals surface area contributed by atoms with Crippen molar-refractivity contribution in [2.45, 2.75) is 63.8 Å². The number of methoxy groups -OCH3 is 1. The Hall–Kier alpha value is -0.610. The first kappa shape index (κ1) is 16.8. The molecule has 4 heteroatoms. The van der Waals surface area contributed by atoms with Crippen molar-refractivity contribution >= 4 is 5.91 Å². The molecule has 1 saturated heterocycles. The third kappa shape index (κ3) is 5.95. The van der Waals surface area contributed by atoms with Crippen LogP contribution in [-0.4, -0.2) is 50.2 Å². The first-order chi connectivity index (χ1) is 10.3. The van der Waals surface area contributed by atoms with Crippen molar-refractivity contribution < 1.29 is 9.53 Å². The third-order valence-electron chi connectivity index (χ3n) is 5.01. The van der Waals surface area contributed by atoms with Crippen LogP contribution in [-0.2, 0) is 9.53 Å². The monoisotopic (exact) mass is 296 g/mol. The van der Waals surface area contributed by atoms with Crippen LogP contribution in [0.3, 0.4) is 0 Å². The lowest BCUT2D eigenvalue weighted by Gasteiger charge is -2.27. The van der Waals surface area contributed by atoms with E-state index in [9.17, 15) is 4.79 Å². The fraction of sp³-hybridized carbons (Fsp3) is 0.941. The molecule has 1 aliphatic heterocycles. The van der Waals surface area contributed by atoms with Crippen LogP contribution >= 0.6 is 0 Å². The Morgan fingerprint density at radius 1 is 1.19 bits per heavy atom. The van der Waals surface area contributed by atoms with Gasteiger partial charge in [-0.15, -0.1) is 0 Å². The maximum atomic E-state index is 12.5. The molecule has 2 rings (SSSR count).